The number of carbonyl (C=O) groups excluding carboxylic acids is 1. The quantitative estimate of drug-likeness (QED) is 0.553. The highest BCUT2D eigenvalue weighted by molar-refractivity contribution is 5.73. The number of nitrogens with zero attached hydrogens (tertiary/aromatic N) is 2. The van der Waals surface area contributed by atoms with Gasteiger partial charge in [0.2, 0.25) is 0 Å². The molecule has 1 atom stereocenters. The first-order chi connectivity index (χ1) is 5.20. The van der Waals surface area contributed by atoms with E-state index in [-0.39, 0.29) is 12.1 Å². The van der Waals surface area contributed by atoms with Gasteiger partial charge in [-0.2, -0.15) is 0 Å². The summed E-state index contributed by atoms with van der Waals surface area (Å²) in [5, 5.41) is 7.02. The van der Waals surface area contributed by atoms with Crippen LogP contribution >= 0.6 is 0 Å². The van der Waals surface area contributed by atoms with E-state index in [1.165, 1.54) is 0 Å². The Labute approximate surface area is 66.9 Å². The van der Waals surface area contributed by atoms with E-state index in [1.807, 2.05) is 0 Å². The lowest BCUT2D eigenvalue weighted by Gasteiger charge is -2.15. The Bertz CT molecular complexity index is 141. The zero-order chi connectivity index (χ0) is 8.27. The van der Waals surface area contributed by atoms with Gasteiger partial charge in [0.05, 0.1) is 0 Å². The third-order valence-corrected chi connectivity index (χ3v) is 1.72. The third kappa shape index (κ3) is 2.38. The molecular formula is C7H14N3O. The van der Waals surface area contributed by atoms with Gasteiger partial charge in [-0.05, 0) is 6.42 Å². The average molecular weight is 156 g/mol. The molecule has 1 fully saturated rings. The van der Waals surface area contributed by atoms with Gasteiger partial charge in [-0.1, -0.05) is 0 Å². The van der Waals surface area contributed by atoms with Crippen LogP contribution in [0, 0.1) is 0 Å². The monoisotopic (exact) mass is 156 g/mol. The zero-order valence-electron chi connectivity index (χ0n) is 7.00. The molecule has 1 N–H and O–H groups in total. The lowest BCUT2D eigenvalue weighted by Crippen LogP contribution is -2.41. The summed E-state index contributed by atoms with van der Waals surface area (Å²) in [4.78, 5) is 12.6. The summed E-state index contributed by atoms with van der Waals surface area (Å²) in [5.41, 5.74) is 0. The second-order valence-electron chi connectivity index (χ2n) is 2.96. The van der Waals surface area contributed by atoms with Crippen molar-refractivity contribution in [2.75, 3.05) is 27.2 Å². The predicted molar refractivity (Wildman–Crippen MR) is 42.5 cm³/mol. The van der Waals surface area contributed by atoms with E-state index in [4.69, 9.17) is 0 Å². The van der Waals surface area contributed by atoms with E-state index >= 15 is 0 Å². The van der Waals surface area contributed by atoms with Gasteiger partial charge in [0.15, 0.2) is 0 Å². The highest BCUT2D eigenvalue weighted by Crippen LogP contribution is 1.98. The van der Waals surface area contributed by atoms with Crippen molar-refractivity contribution in [1.29, 1.82) is 0 Å². The molecule has 0 saturated carbocycles. The van der Waals surface area contributed by atoms with Crippen LogP contribution in [0.5, 0.6) is 0 Å². The molecule has 0 aromatic rings. The number of amides is 2. The molecule has 1 rings (SSSR count). The van der Waals surface area contributed by atoms with Gasteiger partial charge in [-0.25, -0.2) is 10.1 Å². The molecule has 1 saturated heterocycles. The number of urea groups is 1. The van der Waals surface area contributed by atoms with Crippen molar-refractivity contribution < 1.29 is 4.79 Å². The fourth-order valence-corrected chi connectivity index (χ4v) is 1.01. The molecule has 11 heavy (non-hydrogen) atoms. The van der Waals surface area contributed by atoms with Crippen LogP contribution in [0.1, 0.15) is 6.42 Å². The molecule has 1 radical (unpaired) electrons. The highest BCUT2D eigenvalue weighted by atomic mass is 16.2. The van der Waals surface area contributed by atoms with Crippen LogP contribution in [0.25, 0.3) is 0 Å². The summed E-state index contributed by atoms with van der Waals surface area (Å²) in [6.07, 6.45) is 0.986. The molecule has 0 bridgehead atoms. The van der Waals surface area contributed by atoms with Gasteiger partial charge < -0.3 is 10.2 Å². The van der Waals surface area contributed by atoms with Crippen molar-refractivity contribution in [1.82, 2.24) is 15.5 Å². The minimum absolute atomic E-state index is 0.0212. The van der Waals surface area contributed by atoms with E-state index in [9.17, 15) is 4.79 Å². The van der Waals surface area contributed by atoms with Crippen LogP contribution in [-0.2, 0) is 0 Å². The van der Waals surface area contributed by atoms with E-state index in [2.05, 4.69) is 10.6 Å². The largest absolute Gasteiger partial charge is 0.334 e. The summed E-state index contributed by atoms with van der Waals surface area (Å²) in [7, 11) is 3.48. The maximum atomic E-state index is 11.1. The Morgan fingerprint density at radius 3 is 2.82 bits per heavy atom. The van der Waals surface area contributed by atoms with Gasteiger partial charge in [-0.15, -0.1) is 0 Å². The van der Waals surface area contributed by atoms with Gasteiger partial charge >= 0.3 is 6.03 Å². The van der Waals surface area contributed by atoms with Crippen LogP contribution < -0.4 is 10.6 Å². The molecule has 0 spiro atoms. The Hall–Kier alpha value is -0.770. The number of hydrogen-bond donors (Lipinski definition) is 1. The first kappa shape index (κ1) is 8.33. The molecule has 1 aliphatic rings. The maximum Gasteiger partial charge on any atom is 0.317 e. The van der Waals surface area contributed by atoms with Gasteiger partial charge in [-0.3, -0.25) is 0 Å². The molecule has 1 unspecified atom stereocenters. The van der Waals surface area contributed by atoms with Crippen molar-refractivity contribution in [2.45, 2.75) is 12.5 Å². The number of rotatable bonds is 1. The van der Waals surface area contributed by atoms with Crippen LogP contribution in [-0.4, -0.2) is 44.2 Å². The average Bonchev–Trinajstić information content (AvgIpc) is 2.39. The molecule has 2 amide bonds. The lowest BCUT2D eigenvalue weighted by molar-refractivity contribution is 0.214. The number of hydrogen-bond acceptors (Lipinski definition) is 1. The standard InChI is InChI=1S/C7H14N3O/c1-10(2)7(11)9-6-3-4-8-5-6/h6H,3-5H2,1-2H3,(H,9,11). The van der Waals surface area contributed by atoms with E-state index in [0.717, 1.165) is 19.5 Å². The summed E-state index contributed by atoms with van der Waals surface area (Å²) in [6, 6.07) is 0.247. The zero-order valence-corrected chi connectivity index (χ0v) is 7.00. The van der Waals surface area contributed by atoms with Crippen LogP contribution in [0.15, 0.2) is 0 Å². The van der Waals surface area contributed by atoms with Crippen molar-refractivity contribution in [3.63, 3.8) is 0 Å². The van der Waals surface area contributed by atoms with E-state index in [1.54, 1.807) is 19.0 Å². The van der Waals surface area contributed by atoms with Crippen LogP contribution in [0.2, 0.25) is 0 Å². The maximum absolute atomic E-state index is 11.1. The van der Waals surface area contributed by atoms with Crippen molar-refractivity contribution in [3.8, 4) is 0 Å². The molecule has 0 aromatic carbocycles. The lowest BCUT2D eigenvalue weighted by atomic mass is 10.3. The van der Waals surface area contributed by atoms with E-state index in [0.29, 0.717) is 0 Å². The fraction of sp³-hybridized carbons (Fsp3) is 0.857. The summed E-state index contributed by atoms with van der Waals surface area (Å²) in [6.45, 7) is 1.66. The molecule has 0 aliphatic carbocycles. The molecule has 1 aliphatic heterocycles. The molecule has 63 valence electrons. The summed E-state index contributed by atoms with van der Waals surface area (Å²) < 4.78 is 0. The second-order valence-corrected chi connectivity index (χ2v) is 2.96. The minimum Gasteiger partial charge on any atom is -0.334 e. The van der Waals surface area contributed by atoms with Crippen molar-refractivity contribution in [3.05, 3.63) is 0 Å². The number of nitrogens with one attached hydrogen (secondary N) is 1. The Kier molecular flexibility index (Phi) is 2.70. The normalized spacial score (nSPS) is 23.3. The minimum atomic E-state index is -0.0212. The van der Waals surface area contributed by atoms with Gasteiger partial charge in [0.1, 0.15) is 0 Å². The fourth-order valence-electron chi connectivity index (χ4n) is 1.01. The topological polar surface area (TPSA) is 46.4 Å². The number of carbonyl (C=O) groups is 1. The molecule has 4 heteroatoms. The summed E-state index contributed by atoms with van der Waals surface area (Å²) in [5.74, 6) is 0. The van der Waals surface area contributed by atoms with Crippen LogP contribution in [0.4, 0.5) is 4.79 Å². The molecular weight excluding hydrogens is 142 g/mol. The Morgan fingerprint density at radius 1 is 1.64 bits per heavy atom. The highest BCUT2D eigenvalue weighted by Gasteiger charge is 2.17. The van der Waals surface area contributed by atoms with Crippen molar-refractivity contribution in [2.24, 2.45) is 0 Å². The molecule has 4 nitrogen and oxygen atoms in total. The predicted octanol–water partition coefficient (Wildman–Crippen LogP) is -0.366. The van der Waals surface area contributed by atoms with E-state index < -0.39 is 0 Å². The van der Waals surface area contributed by atoms with Gasteiger partial charge in [0, 0.05) is 33.2 Å². The Morgan fingerprint density at radius 2 is 2.36 bits per heavy atom. The molecule has 0 aromatic heterocycles. The molecule has 1 heterocycles. The van der Waals surface area contributed by atoms with Crippen molar-refractivity contribution >= 4 is 6.03 Å². The van der Waals surface area contributed by atoms with Crippen LogP contribution in [0.3, 0.4) is 0 Å². The second kappa shape index (κ2) is 3.57. The van der Waals surface area contributed by atoms with Gasteiger partial charge in [0.25, 0.3) is 0 Å². The summed E-state index contributed by atoms with van der Waals surface area (Å²) >= 11 is 0. The Balaban J connectivity index is 2.24. The SMILES string of the molecule is CN(C)C(=O)NC1CC[N]C1. The first-order valence-corrected chi connectivity index (χ1v) is 3.81. The third-order valence-electron chi connectivity index (χ3n) is 1.72. The smallest absolute Gasteiger partial charge is 0.317 e. The first-order valence-electron chi connectivity index (χ1n) is 3.81.